The topological polar surface area (TPSA) is 29.3 Å². The number of benzene rings is 1. The minimum Gasteiger partial charge on any atom is -0.316 e. The van der Waals surface area contributed by atoms with Gasteiger partial charge in [0.15, 0.2) is 4.96 Å². The van der Waals surface area contributed by atoms with E-state index in [1.165, 1.54) is 10.5 Å². The molecule has 0 bridgehead atoms. The van der Waals surface area contributed by atoms with Gasteiger partial charge in [-0.15, -0.1) is 23.1 Å². The molecular weight excluding hydrogens is 298 g/mol. The number of hydrogen-bond acceptors (Lipinski definition) is 4. The lowest BCUT2D eigenvalue weighted by Crippen LogP contribution is -2.30. The number of nitrogens with zero attached hydrogens (tertiary/aromatic N) is 2. The monoisotopic (exact) mass is 317 g/mol. The van der Waals surface area contributed by atoms with Crippen LogP contribution in [0, 0.1) is 6.92 Å². The second-order valence-corrected chi connectivity index (χ2v) is 7.11. The first-order chi connectivity index (χ1) is 10.2. The van der Waals surface area contributed by atoms with Crippen molar-refractivity contribution >= 4 is 28.1 Å². The van der Waals surface area contributed by atoms with E-state index in [0.717, 1.165) is 22.8 Å². The SMILES string of the molecule is CNC(CSc1cccc(C)c1)Cc1cn2ccsc2n1. The van der Waals surface area contributed by atoms with E-state index in [4.69, 9.17) is 0 Å². The number of aromatic nitrogens is 2. The molecule has 1 atom stereocenters. The van der Waals surface area contributed by atoms with Crippen LogP contribution in [0.15, 0.2) is 46.9 Å². The van der Waals surface area contributed by atoms with Gasteiger partial charge in [-0.25, -0.2) is 4.98 Å². The number of thioether (sulfide) groups is 1. The van der Waals surface area contributed by atoms with Crippen LogP contribution in [0.3, 0.4) is 0 Å². The van der Waals surface area contributed by atoms with Crippen LogP contribution in [-0.4, -0.2) is 28.2 Å². The highest BCUT2D eigenvalue weighted by Crippen LogP contribution is 2.21. The van der Waals surface area contributed by atoms with Crippen molar-refractivity contribution in [3.8, 4) is 0 Å². The molecule has 0 aliphatic rings. The minimum absolute atomic E-state index is 0.431. The number of aryl methyl sites for hydroxylation is 1. The highest BCUT2D eigenvalue weighted by atomic mass is 32.2. The molecule has 0 aliphatic carbocycles. The van der Waals surface area contributed by atoms with Crippen molar-refractivity contribution < 1.29 is 0 Å². The van der Waals surface area contributed by atoms with Crippen molar-refractivity contribution in [3.05, 3.63) is 53.3 Å². The molecule has 1 aromatic carbocycles. The van der Waals surface area contributed by atoms with Gasteiger partial charge in [-0.05, 0) is 26.1 Å². The van der Waals surface area contributed by atoms with Crippen molar-refractivity contribution in [2.45, 2.75) is 24.3 Å². The molecule has 110 valence electrons. The smallest absolute Gasteiger partial charge is 0.193 e. The Morgan fingerprint density at radius 2 is 2.33 bits per heavy atom. The van der Waals surface area contributed by atoms with Crippen LogP contribution in [-0.2, 0) is 6.42 Å². The van der Waals surface area contributed by atoms with Crippen LogP contribution < -0.4 is 5.32 Å². The summed E-state index contributed by atoms with van der Waals surface area (Å²) in [5.41, 5.74) is 2.47. The van der Waals surface area contributed by atoms with E-state index in [-0.39, 0.29) is 0 Å². The van der Waals surface area contributed by atoms with Gasteiger partial charge in [-0.3, -0.25) is 4.40 Å². The lowest BCUT2D eigenvalue weighted by Gasteiger charge is -2.14. The molecule has 0 saturated heterocycles. The Kier molecular flexibility index (Phi) is 4.63. The third-order valence-electron chi connectivity index (χ3n) is 3.45. The van der Waals surface area contributed by atoms with Gasteiger partial charge < -0.3 is 5.32 Å². The Balaban J connectivity index is 1.61. The molecule has 5 heteroatoms. The summed E-state index contributed by atoms with van der Waals surface area (Å²) in [4.78, 5) is 7.07. The Morgan fingerprint density at radius 1 is 1.43 bits per heavy atom. The van der Waals surface area contributed by atoms with Crippen LogP contribution >= 0.6 is 23.1 Å². The molecule has 3 nitrogen and oxygen atoms in total. The Bertz CT molecular complexity index is 688. The largest absolute Gasteiger partial charge is 0.316 e. The molecule has 2 aromatic heterocycles. The average Bonchev–Trinajstić information content (AvgIpc) is 3.04. The third kappa shape index (κ3) is 3.67. The summed E-state index contributed by atoms with van der Waals surface area (Å²) >= 11 is 3.58. The number of fused-ring (bicyclic) bond motifs is 1. The van der Waals surface area contributed by atoms with E-state index < -0.39 is 0 Å². The maximum atomic E-state index is 4.66. The third-order valence-corrected chi connectivity index (χ3v) is 5.37. The second kappa shape index (κ2) is 6.64. The molecule has 21 heavy (non-hydrogen) atoms. The van der Waals surface area contributed by atoms with Gasteiger partial charge in [-0.1, -0.05) is 17.7 Å². The normalized spacial score (nSPS) is 12.9. The number of hydrogen-bond donors (Lipinski definition) is 1. The average molecular weight is 317 g/mol. The molecule has 1 unspecified atom stereocenters. The summed E-state index contributed by atoms with van der Waals surface area (Å²) in [5, 5.41) is 5.47. The molecule has 3 aromatic rings. The first-order valence-corrected chi connectivity index (χ1v) is 8.89. The van der Waals surface area contributed by atoms with Gasteiger partial charge in [0.25, 0.3) is 0 Å². The molecule has 0 fully saturated rings. The predicted molar refractivity (Wildman–Crippen MR) is 91.5 cm³/mol. The number of imidazole rings is 1. The number of nitrogens with one attached hydrogen (secondary N) is 1. The molecule has 0 spiro atoms. The van der Waals surface area contributed by atoms with Crippen LogP contribution in [0.5, 0.6) is 0 Å². The molecule has 3 rings (SSSR count). The van der Waals surface area contributed by atoms with Crippen LogP contribution in [0.4, 0.5) is 0 Å². The maximum absolute atomic E-state index is 4.66. The van der Waals surface area contributed by atoms with E-state index in [1.807, 2.05) is 18.8 Å². The van der Waals surface area contributed by atoms with E-state index in [9.17, 15) is 0 Å². The molecule has 0 aliphatic heterocycles. The first kappa shape index (κ1) is 14.6. The zero-order valence-electron chi connectivity index (χ0n) is 12.2. The predicted octanol–water partition coefficient (Wildman–Crippen LogP) is 3.63. The van der Waals surface area contributed by atoms with E-state index >= 15 is 0 Å². The zero-order chi connectivity index (χ0) is 14.7. The second-order valence-electron chi connectivity index (χ2n) is 5.14. The number of thiazole rings is 1. The summed E-state index contributed by atoms with van der Waals surface area (Å²) < 4.78 is 2.10. The van der Waals surface area contributed by atoms with Crippen molar-refractivity contribution in [2.24, 2.45) is 0 Å². The molecule has 0 amide bonds. The van der Waals surface area contributed by atoms with Crippen molar-refractivity contribution in [1.82, 2.24) is 14.7 Å². The summed E-state index contributed by atoms with van der Waals surface area (Å²) in [6.07, 6.45) is 5.16. The quantitative estimate of drug-likeness (QED) is 0.704. The Labute approximate surface area is 133 Å². The highest BCUT2D eigenvalue weighted by Gasteiger charge is 2.11. The van der Waals surface area contributed by atoms with Gasteiger partial charge in [0.05, 0.1) is 5.69 Å². The minimum atomic E-state index is 0.431. The lowest BCUT2D eigenvalue weighted by atomic mass is 10.2. The van der Waals surface area contributed by atoms with Gasteiger partial charge in [0.2, 0.25) is 0 Å². The number of likely N-dealkylation sites (N-methyl/N-ethyl adjacent to an activating group) is 1. The summed E-state index contributed by atoms with van der Waals surface area (Å²) in [5.74, 6) is 1.05. The summed E-state index contributed by atoms with van der Waals surface area (Å²) in [6.45, 7) is 2.14. The van der Waals surface area contributed by atoms with Gasteiger partial charge in [0, 0.05) is 40.9 Å². The maximum Gasteiger partial charge on any atom is 0.193 e. The van der Waals surface area contributed by atoms with Gasteiger partial charge in [0.1, 0.15) is 0 Å². The fourth-order valence-corrected chi connectivity index (χ4v) is 4.11. The van der Waals surface area contributed by atoms with Gasteiger partial charge in [-0.2, -0.15) is 0 Å². The van der Waals surface area contributed by atoms with Crippen LogP contribution in [0.25, 0.3) is 4.96 Å². The van der Waals surface area contributed by atoms with Gasteiger partial charge >= 0.3 is 0 Å². The van der Waals surface area contributed by atoms with E-state index in [2.05, 4.69) is 63.7 Å². The first-order valence-electron chi connectivity index (χ1n) is 7.02. The van der Waals surface area contributed by atoms with Crippen LogP contribution in [0.2, 0.25) is 0 Å². The molecular formula is C16H19N3S2. The molecule has 2 heterocycles. The lowest BCUT2D eigenvalue weighted by molar-refractivity contribution is 0.611. The Morgan fingerprint density at radius 3 is 3.10 bits per heavy atom. The highest BCUT2D eigenvalue weighted by molar-refractivity contribution is 7.99. The van der Waals surface area contributed by atoms with Crippen molar-refractivity contribution in [3.63, 3.8) is 0 Å². The molecule has 1 N–H and O–H groups in total. The van der Waals surface area contributed by atoms with E-state index in [0.29, 0.717) is 6.04 Å². The van der Waals surface area contributed by atoms with E-state index in [1.54, 1.807) is 11.3 Å². The fraction of sp³-hybridized carbons (Fsp3) is 0.312. The molecule has 0 radical (unpaired) electrons. The van der Waals surface area contributed by atoms with Crippen molar-refractivity contribution in [2.75, 3.05) is 12.8 Å². The van der Waals surface area contributed by atoms with Crippen LogP contribution in [0.1, 0.15) is 11.3 Å². The van der Waals surface area contributed by atoms with Crippen molar-refractivity contribution in [1.29, 1.82) is 0 Å². The summed E-state index contributed by atoms with van der Waals surface area (Å²) in [6, 6.07) is 9.11. The fourth-order valence-electron chi connectivity index (χ4n) is 2.27. The standard InChI is InChI=1S/C16H19N3S2/c1-12-4-3-5-15(8-12)21-11-14(17-2)9-13-10-19-6-7-20-16(19)18-13/h3-8,10,14,17H,9,11H2,1-2H3. The summed E-state index contributed by atoms with van der Waals surface area (Å²) in [7, 11) is 2.03. The zero-order valence-corrected chi connectivity index (χ0v) is 13.9. The molecule has 0 saturated carbocycles. The number of rotatable bonds is 6. The Hall–Kier alpha value is -1.30.